The first-order chi connectivity index (χ1) is 9.54. The van der Waals surface area contributed by atoms with E-state index in [-0.39, 0.29) is 11.8 Å². The molecule has 4 N–H and O–H groups in total. The predicted molar refractivity (Wildman–Crippen MR) is 75.7 cm³/mol. The summed E-state index contributed by atoms with van der Waals surface area (Å²) in [4.78, 5) is 22.5. The van der Waals surface area contributed by atoms with E-state index in [1.807, 2.05) is 6.92 Å². The van der Waals surface area contributed by atoms with Crippen molar-refractivity contribution in [3.63, 3.8) is 0 Å². The van der Waals surface area contributed by atoms with Crippen LogP contribution in [0, 0.1) is 5.92 Å². The molecule has 6 nitrogen and oxygen atoms in total. The maximum absolute atomic E-state index is 12.0. The topological polar surface area (TPSA) is 102 Å². The maximum Gasteiger partial charge on any atom is 0.341 e. The summed E-state index contributed by atoms with van der Waals surface area (Å²) in [5.41, 5.74) is 5.88. The Morgan fingerprint density at radius 2 is 2.10 bits per heavy atom. The highest BCUT2D eigenvalue weighted by Gasteiger charge is 2.14. The van der Waals surface area contributed by atoms with Gasteiger partial charge in [-0.3, -0.25) is 4.79 Å². The lowest BCUT2D eigenvalue weighted by atomic mass is 10.0. The third-order valence-corrected chi connectivity index (χ3v) is 2.78. The number of hydrogen-bond acceptors (Lipinski definition) is 4. The minimum Gasteiger partial charge on any atom is -0.480 e. The van der Waals surface area contributed by atoms with Crippen molar-refractivity contribution >= 4 is 17.6 Å². The van der Waals surface area contributed by atoms with Crippen molar-refractivity contribution in [2.45, 2.75) is 19.8 Å². The fourth-order valence-corrected chi connectivity index (χ4v) is 1.65. The SMILES string of the molecule is CC(CCCN)C(=O)Nc1ccccc1OCC(=O)O. The van der Waals surface area contributed by atoms with Gasteiger partial charge in [0.1, 0.15) is 5.75 Å². The number of aliphatic carboxylic acids is 1. The zero-order valence-electron chi connectivity index (χ0n) is 11.5. The van der Waals surface area contributed by atoms with Crippen molar-refractivity contribution in [2.75, 3.05) is 18.5 Å². The van der Waals surface area contributed by atoms with Crippen LogP contribution in [0.2, 0.25) is 0 Å². The third kappa shape index (κ3) is 5.27. The number of carboxylic acids is 1. The average Bonchev–Trinajstić information content (AvgIpc) is 2.43. The van der Waals surface area contributed by atoms with Gasteiger partial charge in [-0.2, -0.15) is 0 Å². The summed E-state index contributed by atoms with van der Waals surface area (Å²) >= 11 is 0. The number of nitrogens with two attached hydrogens (primary N) is 1. The molecule has 110 valence electrons. The zero-order chi connectivity index (χ0) is 15.0. The van der Waals surface area contributed by atoms with Crippen LogP contribution in [0.15, 0.2) is 24.3 Å². The van der Waals surface area contributed by atoms with Crippen LogP contribution >= 0.6 is 0 Å². The normalized spacial score (nSPS) is 11.7. The van der Waals surface area contributed by atoms with E-state index in [1.54, 1.807) is 24.3 Å². The minimum absolute atomic E-state index is 0.134. The molecule has 0 aliphatic carbocycles. The Morgan fingerprint density at radius 3 is 2.75 bits per heavy atom. The Morgan fingerprint density at radius 1 is 1.40 bits per heavy atom. The lowest BCUT2D eigenvalue weighted by molar-refractivity contribution is -0.139. The molecular formula is C14H20N2O4. The van der Waals surface area contributed by atoms with E-state index >= 15 is 0 Å². The first kappa shape index (κ1) is 16.0. The largest absolute Gasteiger partial charge is 0.480 e. The van der Waals surface area contributed by atoms with Crippen molar-refractivity contribution < 1.29 is 19.4 Å². The van der Waals surface area contributed by atoms with Crippen molar-refractivity contribution in [3.8, 4) is 5.75 Å². The van der Waals surface area contributed by atoms with E-state index in [0.29, 0.717) is 24.4 Å². The van der Waals surface area contributed by atoms with Gasteiger partial charge in [-0.25, -0.2) is 4.79 Å². The van der Waals surface area contributed by atoms with Gasteiger partial charge in [0.05, 0.1) is 5.69 Å². The summed E-state index contributed by atoms with van der Waals surface area (Å²) in [5, 5.41) is 11.4. The Hall–Kier alpha value is -2.08. The van der Waals surface area contributed by atoms with Crippen molar-refractivity contribution in [2.24, 2.45) is 11.7 Å². The summed E-state index contributed by atoms with van der Waals surface area (Å²) in [6.45, 7) is 1.93. The highest BCUT2D eigenvalue weighted by Crippen LogP contribution is 2.24. The van der Waals surface area contributed by atoms with Crippen LogP contribution in [-0.2, 0) is 9.59 Å². The minimum atomic E-state index is -1.07. The van der Waals surface area contributed by atoms with Gasteiger partial charge in [0.15, 0.2) is 6.61 Å². The molecule has 1 unspecified atom stereocenters. The molecule has 0 bridgehead atoms. The standard InChI is InChI=1S/C14H20N2O4/c1-10(5-4-8-15)14(19)16-11-6-2-3-7-12(11)20-9-13(17)18/h2-3,6-7,10H,4-5,8-9,15H2,1H3,(H,16,19)(H,17,18). The van der Waals surface area contributed by atoms with Gasteiger partial charge >= 0.3 is 5.97 Å². The lowest BCUT2D eigenvalue weighted by Crippen LogP contribution is -2.22. The molecule has 0 aliphatic heterocycles. The predicted octanol–water partition coefficient (Wildman–Crippen LogP) is 1.46. The maximum atomic E-state index is 12.0. The lowest BCUT2D eigenvalue weighted by Gasteiger charge is -2.14. The van der Waals surface area contributed by atoms with Gasteiger partial charge in [-0.05, 0) is 31.5 Å². The summed E-state index contributed by atoms with van der Waals surface area (Å²) in [7, 11) is 0. The third-order valence-electron chi connectivity index (χ3n) is 2.78. The monoisotopic (exact) mass is 280 g/mol. The summed E-state index contributed by atoms with van der Waals surface area (Å²) in [6, 6.07) is 6.74. The molecular weight excluding hydrogens is 260 g/mol. The zero-order valence-corrected chi connectivity index (χ0v) is 11.5. The first-order valence-corrected chi connectivity index (χ1v) is 6.49. The second kappa shape index (κ2) is 8.16. The number of anilines is 1. The molecule has 20 heavy (non-hydrogen) atoms. The second-order valence-electron chi connectivity index (χ2n) is 4.50. The number of nitrogens with one attached hydrogen (secondary N) is 1. The number of para-hydroxylation sites is 2. The fraction of sp³-hybridized carbons (Fsp3) is 0.429. The van der Waals surface area contributed by atoms with Crippen LogP contribution in [0.25, 0.3) is 0 Å². The summed E-state index contributed by atoms with van der Waals surface area (Å²) < 4.78 is 5.13. The molecule has 1 aromatic carbocycles. The summed E-state index contributed by atoms with van der Waals surface area (Å²) in [5.74, 6) is -1.02. The van der Waals surface area contributed by atoms with E-state index in [1.165, 1.54) is 0 Å². The van der Waals surface area contributed by atoms with E-state index in [9.17, 15) is 9.59 Å². The number of carbonyl (C=O) groups is 2. The highest BCUT2D eigenvalue weighted by molar-refractivity contribution is 5.93. The molecule has 0 radical (unpaired) electrons. The van der Waals surface area contributed by atoms with E-state index in [4.69, 9.17) is 15.6 Å². The number of carbonyl (C=O) groups excluding carboxylic acids is 1. The molecule has 0 saturated carbocycles. The number of rotatable bonds is 8. The molecule has 6 heteroatoms. The highest BCUT2D eigenvalue weighted by atomic mass is 16.5. The number of carboxylic acid groups (broad SMARTS) is 1. The van der Waals surface area contributed by atoms with Crippen LogP contribution in [0.3, 0.4) is 0 Å². The van der Waals surface area contributed by atoms with Crippen LogP contribution in [0.4, 0.5) is 5.69 Å². The molecule has 0 saturated heterocycles. The number of ether oxygens (including phenoxy) is 1. The molecule has 1 rings (SSSR count). The molecule has 0 fully saturated rings. The quantitative estimate of drug-likeness (QED) is 0.669. The second-order valence-corrected chi connectivity index (χ2v) is 4.50. The molecule has 0 heterocycles. The van der Waals surface area contributed by atoms with E-state index in [2.05, 4.69) is 5.32 Å². The Labute approximate surface area is 117 Å². The van der Waals surface area contributed by atoms with Gasteiger partial charge in [-0.15, -0.1) is 0 Å². The van der Waals surface area contributed by atoms with Crippen molar-refractivity contribution in [3.05, 3.63) is 24.3 Å². The molecule has 1 amide bonds. The Kier molecular flexibility index (Phi) is 6.52. The van der Waals surface area contributed by atoms with Gasteiger partial charge < -0.3 is 20.9 Å². The van der Waals surface area contributed by atoms with Crippen molar-refractivity contribution in [1.29, 1.82) is 0 Å². The molecule has 0 aromatic heterocycles. The van der Waals surface area contributed by atoms with Gasteiger partial charge in [0, 0.05) is 5.92 Å². The molecule has 1 atom stereocenters. The number of benzene rings is 1. The Balaban J connectivity index is 2.66. The van der Waals surface area contributed by atoms with Crippen LogP contribution in [0.5, 0.6) is 5.75 Å². The van der Waals surface area contributed by atoms with Crippen LogP contribution in [-0.4, -0.2) is 30.1 Å². The number of hydrogen-bond donors (Lipinski definition) is 3. The van der Waals surface area contributed by atoms with Crippen LogP contribution in [0.1, 0.15) is 19.8 Å². The summed E-state index contributed by atoms with van der Waals surface area (Å²) in [6.07, 6.45) is 1.49. The average molecular weight is 280 g/mol. The van der Waals surface area contributed by atoms with Crippen molar-refractivity contribution in [1.82, 2.24) is 0 Å². The smallest absolute Gasteiger partial charge is 0.341 e. The first-order valence-electron chi connectivity index (χ1n) is 6.49. The molecule has 0 spiro atoms. The van der Waals surface area contributed by atoms with E-state index in [0.717, 1.165) is 6.42 Å². The van der Waals surface area contributed by atoms with E-state index < -0.39 is 12.6 Å². The van der Waals surface area contributed by atoms with Crippen LogP contribution < -0.4 is 15.8 Å². The molecule has 1 aromatic rings. The Bertz CT molecular complexity index is 462. The van der Waals surface area contributed by atoms with Gasteiger partial charge in [0.25, 0.3) is 0 Å². The molecule has 0 aliphatic rings. The van der Waals surface area contributed by atoms with Gasteiger partial charge in [-0.1, -0.05) is 19.1 Å². The van der Waals surface area contributed by atoms with Gasteiger partial charge in [0.2, 0.25) is 5.91 Å². The number of amides is 1. The fourth-order valence-electron chi connectivity index (χ4n) is 1.65.